The molecule has 1 heterocycles. The minimum Gasteiger partial charge on any atom is -0.481 e. The highest BCUT2D eigenvalue weighted by Gasteiger charge is 2.11. The number of carboxylic acids is 1. The molecule has 5 heteroatoms. The van der Waals surface area contributed by atoms with Crippen molar-refractivity contribution in [3.05, 3.63) is 65.9 Å². The largest absolute Gasteiger partial charge is 0.481 e. The fourth-order valence-corrected chi connectivity index (χ4v) is 2.52. The number of benzene rings is 2. The second-order valence-electron chi connectivity index (χ2n) is 5.18. The van der Waals surface area contributed by atoms with E-state index in [4.69, 9.17) is 5.11 Å². The lowest BCUT2D eigenvalue weighted by molar-refractivity contribution is -0.136. The highest BCUT2D eigenvalue weighted by molar-refractivity contribution is 5.94. The summed E-state index contributed by atoms with van der Waals surface area (Å²) in [4.78, 5) is 15.3. The molecule has 3 nitrogen and oxygen atoms in total. The molecule has 1 N–H and O–H groups in total. The van der Waals surface area contributed by atoms with E-state index >= 15 is 0 Å². The van der Waals surface area contributed by atoms with Crippen LogP contribution < -0.4 is 0 Å². The first-order valence-electron chi connectivity index (χ1n) is 7.03. The average Bonchev–Trinajstić information content (AvgIpc) is 2.53. The van der Waals surface area contributed by atoms with Crippen LogP contribution in [-0.2, 0) is 11.2 Å². The van der Waals surface area contributed by atoms with Gasteiger partial charge in [-0.25, -0.2) is 8.78 Å². The number of alkyl halides is 2. The topological polar surface area (TPSA) is 50.2 Å². The number of fused-ring (bicyclic) bond motifs is 1. The zero-order valence-corrected chi connectivity index (χ0v) is 12.0. The van der Waals surface area contributed by atoms with E-state index in [1.807, 2.05) is 12.1 Å². The number of carbonyl (C=O) groups is 1. The normalized spacial score (nSPS) is 11.1. The molecule has 0 fully saturated rings. The number of aromatic nitrogens is 1. The Bertz CT molecular complexity index is 878. The Labute approximate surface area is 131 Å². The number of pyridine rings is 1. The summed E-state index contributed by atoms with van der Waals surface area (Å²) in [5.74, 6) is -0.964. The van der Waals surface area contributed by atoms with Gasteiger partial charge in [-0.15, -0.1) is 0 Å². The molecule has 0 saturated heterocycles. The minimum absolute atomic E-state index is 0.0545. The van der Waals surface area contributed by atoms with Gasteiger partial charge >= 0.3 is 5.97 Å². The van der Waals surface area contributed by atoms with Crippen LogP contribution in [-0.4, -0.2) is 16.1 Å². The lowest BCUT2D eigenvalue weighted by Crippen LogP contribution is -2.02. The van der Waals surface area contributed by atoms with Crippen molar-refractivity contribution in [2.45, 2.75) is 12.8 Å². The monoisotopic (exact) mass is 313 g/mol. The standard InChI is InChI=1S/C18H13F2NO2/c19-18(20)13-5-1-4-12(9-13)15-6-2-3-11-7-8-14(10-16(22)23)21-17(11)15/h1-9,18H,10H2,(H,22,23). The van der Waals surface area contributed by atoms with Gasteiger partial charge in [-0.2, -0.15) is 0 Å². The molecule has 0 radical (unpaired) electrons. The van der Waals surface area contributed by atoms with E-state index in [1.165, 1.54) is 12.1 Å². The van der Waals surface area contributed by atoms with E-state index in [9.17, 15) is 13.6 Å². The maximum atomic E-state index is 12.9. The molecular formula is C18H13F2NO2. The van der Waals surface area contributed by atoms with Crippen LogP contribution in [0.1, 0.15) is 17.7 Å². The zero-order valence-electron chi connectivity index (χ0n) is 12.0. The van der Waals surface area contributed by atoms with E-state index in [0.717, 1.165) is 5.39 Å². The van der Waals surface area contributed by atoms with Gasteiger partial charge in [-0.05, 0) is 17.7 Å². The first kappa shape index (κ1) is 15.1. The van der Waals surface area contributed by atoms with Gasteiger partial charge in [0.2, 0.25) is 0 Å². The maximum absolute atomic E-state index is 12.9. The van der Waals surface area contributed by atoms with Crippen LogP contribution in [0.4, 0.5) is 8.78 Å². The molecule has 0 saturated carbocycles. The number of hydrogen-bond donors (Lipinski definition) is 1. The van der Waals surface area contributed by atoms with E-state index in [1.54, 1.807) is 30.3 Å². The molecule has 0 bridgehead atoms. The number of hydrogen-bond acceptors (Lipinski definition) is 2. The summed E-state index contributed by atoms with van der Waals surface area (Å²) in [7, 11) is 0. The van der Waals surface area contributed by atoms with Crippen molar-refractivity contribution in [1.82, 2.24) is 4.98 Å². The van der Waals surface area contributed by atoms with Gasteiger partial charge in [0.05, 0.1) is 17.6 Å². The van der Waals surface area contributed by atoms with Gasteiger partial charge in [0.1, 0.15) is 0 Å². The first-order valence-corrected chi connectivity index (χ1v) is 7.03. The molecular weight excluding hydrogens is 300 g/mol. The highest BCUT2D eigenvalue weighted by Crippen LogP contribution is 2.30. The summed E-state index contributed by atoms with van der Waals surface area (Å²) in [6.45, 7) is 0. The van der Waals surface area contributed by atoms with E-state index in [-0.39, 0.29) is 12.0 Å². The smallest absolute Gasteiger partial charge is 0.309 e. The van der Waals surface area contributed by atoms with Crippen LogP contribution in [0.15, 0.2) is 54.6 Å². The molecule has 0 atom stereocenters. The summed E-state index contributed by atoms with van der Waals surface area (Å²) < 4.78 is 25.8. The van der Waals surface area contributed by atoms with Gasteiger partial charge in [-0.3, -0.25) is 9.78 Å². The third-order valence-corrected chi connectivity index (χ3v) is 3.56. The second kappa shape index (κ2) is 6.12. The molecule has 3 aromatic rings. The summed E-state index contributed by atoms with van der Waals surface area (Å²) >= 11 is 0. The Morgan fingerprint density at radius 1 is 1.09 bits per heavy atom. The quantitative estimate of drug-likeness (QED) is 0.773. The lowest BCUT2D eigenvalue weighted by atomic mass is 10.00. The second-order valence-corrected chi connectivity index (χ2v) is 5.18. The molecule has 3 rings (SSSR count). The number of carboxylic acid groups (broad SMARTS) is 1. The first-order chi connectivity index (χ1) is 11.0. The maximum Gasteiger partial charge on any atom is 0.309 e. The molecule has 23 heavy (non-hydrogen) atoms. The highest BCUT2D eigenvalue weighted by atomic mass is 19.3. The van der Waals surface area contributed by atoms with Gasteiger partial charge in [0.15, 0.2) is 0 Å². The van der Waals surface area contributed by atoms with Gasteiger partial charge < -0.3 is 5.11 Å². The average molecular weight is 313 g/mol. The van der Waals surface area contributed by atoms with Crippen molar-refractivity contribution in [3.63, 3.8) is 0 Å². The van der Waals surface area contributed by atoms with Crippen molar-refractivity contribution in [2.24, 2.45) is 0 Å². The van der Waals surface area contributed by atoms with E-state index < -0.39 is 12.4 Å². The molecule has 0 amide bonds. The Balaban J connectivity index is 2.16. The van der Waals surface area contributed by atoms with Crippen molar-refractivity contribution in [2.75, 3.05) is 0 Å². The summed E-state index contributed by atoms with van der Waals surface area (Å²) in [5.41, 5.74) is 2.33. The van der Waals surface area contributed by atoms with Crippen molar-refractivity contribution < 1.29 is 18.7 Å². The molecule has 0 spiro atoms. The molecule has 2 aromatic carbocycles. The van der Waals surface area contributed by atoms with Crippen molar-refractivity contribution in [1.29, 1.82) is 0 Å². The van der Waals surface area contributed by atoms with Gasteiger partial charge in [0, 0.05) is 16.5 Å². The van der Waals surface area contributed by atoms with Crippen molar-refractivity contribution in [3.8, 4) is 11.1 Å². The minimum atomic E-state index is -2.54. The van der Waals surface area contributed by atoms with Crippen molar-refractivity contribution >= 4 is 16.9 Å². The lowest BCUT2D eigenvalue weighted by Gasteiger charge is -2.09. The van der Waals surface area contributed by atoms with Crippen LogP contribution in [0.3, 0.4) is 0 Å². The third-order valence-electron chi connectivity index (χ3n) is 3.56. The number of rotatable bonds is 4. The molecule has 0 aliphatic rings. The summed E-state index contributed by atoms with van der Waals surface area (Å²) in [6.07, 6.45) is -2.72. The van der Waals surface area contributed by atoms with Gasteiger partial charge in [-0.1, -0.05) is 42.5 Å². The Morgan fingerprint density at radius 3 is 2.61 bits per heavy atom. The van der Waals surface area contributed by atoms with Gasteiger partial charge in [0.25, 0.3) is 6.43 Å². The summed E-state index contributed by atoms with van der Waals surface area (Å²) in [6, 6.07) is 15.1. The van der Waals surface area contributed by atoms with Crippen LogP contribution in [0.2, 0.25) is 0 Å². The fraction of sp³-hybridized carbons (Fsp3) is 0.111. The number of nitrogens with zero attached hydrogens (tertiary/aromatic N) is 1. The Kier molecular flexibility index (Phi) is 4.02. The molecule has 1 aromatic heterocycles. The summed E-state index contributed by atoms with van der Waals surface area (Å²) in [5, 5.41) is 9.73. The molecule has 0 unspecified atom stereocenters. The zero-order chi connectivity index (χ0) is 16.4. The Hall–Kier alpha value is -2.82. The number of halogens is 2. The SMILES string of the molecule is O=C(O)Cc1ccc2cccc(-c3cccc(C(F)F)c3)c2n1. The van der Waals surface area contributed by atoms with E-state index in [0.29, 0.717) is 22.3 Å². The van der Waals surface area contributed by atoms with Crippen LogP contribution >= 0.6 is 0 Å². The number of para-hydroxylation sites is 1. The number of aliphatic carboxylic acids is 1. The molecule has 116 valence electrons. The van der Waals surface area contributed by atoms with Crippen LogP contribution in [0, 0.1) is 0 Å². The predicted octanol–water partition coefficient (Wildman–Crippen LogP) is 4.47. The predicted molar refractivity (Wildman–Crippen MR) is 83.5 cm³/mol. The van der Waals surface area contributed by atoms with E-state index in [2.05, 4.69) is 4.98 Å². The Morgan fingerprint density at radius 2 is 1.87 bits per heavy atom. The third kappa shape index (κ3) is 3.18. The fourth-order valence-electron chi connectivity index (χ4n) is 2.52. The molecule has 0 aliphatic carbocycles. The van der Waals surface area contributed by atoms with Crippen LogP contribution in [0.25, 0.3) is 22.0 Å². The molecule has 0 aliphatic heterocycles. The van der Waals surface area contributed by atoms with Crippen LogP contribution in [0.5, 0.6) is 0 Å².